The van der Waals surface area contributed by atoms with Gasteiger partial charge in [-0.1, -0.05) is 0 Å². The molecule has 1 fully saturated rings. The zero-order valence-corrected chi connectivity index (χ0v) is 10.7. The minimum atomic E-state index is -3.52. The van der Waals surface area contributed by atoms with Crippen molar-refractivity contribution < 1.29 is 22.7 Å². The van der Waals surface area contributed by atoms with Gasteiger partial charge in [-0.2, -0.15) is 5.10 Å². The van der Waals surface area contributed by atoms with Gasteiger partial charge in [0.15, 0.2) is 5.82 Å². The summed E-state index contributed by atoms with van der Waals surface area (Å²) < 4.78 is 36.5. The van der Waals surface area contributed by atoms with Gasteiger partial charge in [0, 0.05) is 13.1 Å². The van der Waals surface area contributed by atoms with Crippen LogP contribution < -0.4 is 4.72 Å². The van der Waals surface area contributed by atoms with E-state index in [0.717, 1.165) is 0 Å². The first-order valence-corrected chi connectivity index (χ1v) is 6.70. The van der Waals surface area contributed by atoms with E-state index in [1.807, 2.05) is 0 Å². The summed E-state index contributed by atoms with van der Waals surface area (Å²) in [5.41, 5.74) is 0.167. The summed E-state index contributed by atoms with van der Waals surface area (Å²) in [7, 11) is -0.750. The van der Waals surface area contributed by atoms with Gasteiger partial charge in [0.2, 0.25) is 10.0 Å². The van der Waals surface area contributed by atoms with Crippen molar-refractivity contribution in [3.63, 3.8) is 0 Å². The number of methoxy groups -OCH3 is 1. The molecule has 0 atom stereocenters. The highest BCUT2D eigenvalue weighted by Gasteiger charge is 2.33. The van der Waals surface area contributed by atoms with Crippen LogP contribution in [0.2, 0.25) is 0 Å². The van der Waals surface area contributed by atoms with Crippen molar-refractivity contribution in [3.05, 3.63) is 11.8 Å². The Balaban J connectivity index is 2.17. The largest absolute Gasteiger partial charge is 0.464 e. The predicted octanol–water partition coefficient (Wildman–Crippen LogP) is -0.653. The van der Waals surface area contributed by atoms with Crippen LogP contribution in [-0.4, -0.2) is 49.7 Å². The third kappa shape index (κ3) is 2.31. The monoisotopic (exact) mass is 275 g/mol. The first-order chi connectivity index (χ1) is 8.44. The number of carbonyl (C=O) groups excluding carboxylic acids is 1. The van der Waals surface area contributed by atoms with Gasteiger partial charge in [0.25, 0.3) is 0 Å². The molecule has 2 heterocycles. The molecule has 100 valence electrons. The molecule has 0 aliphatic carbocycles. The summed E-state index contributed by atoms with van der Waals surface area (Å²) in [4.78, 5) is 11.3. The molecule has 1 aromatic rings. The number of hydrogen-bond acceptors (Lipinski definition) is 6. The molecule has 0 bridgehead atoms. The lowest BCUT2D eigenvalue weighted by atomic mass is 10.4. The predicted molar refractivity (Wildman–Crippen MR) is 61.7 cm³/mol. The lowest BCUT2D eigenvalue weighted by Crippen LogP contribution is -2.43. The number of carbonyl (C=O) groups is 1. The Morgan fingerprint density at radius 3 is 2.78 bits per heavy atom. The summed E-state index contributed by atoms with van der Waals surface area (Å²) in [6.07, 6.45) is 0. The van der Waals surface area contributed by atoms with E-state index < -0.39 is 21.2 Å². The Labute approximate surface area is 104 Å². The molecule has 0 amide bonds. The molecule has 2 rings (SSSR count). The van der Waals surface area contributed by atoms with E-state index in [9.17, 15) is 13.2 Å². The SMILES string of the molecule is COC(=O)c1cc(NS(=O)(=O)C2COC2)nn1C. The normalized spacial score (nSPS) is 16.1. The summed E-state index contributed by atoms with van der Waals surface area (Å²) in [6.45, 7) is 0.345. The average Bonchev–Trinajstić information content (AvgIpc) is 2.53. The highest BCUT2D eigenvalue weighted by atomic mass is 32.2. The van der Waals surface area contributed by atoms with Crippen molar-refractivity contribution >= 4 is 21.8 Å². The topological polar surface area (TPSA) is 99.5 Å². The zero-order valence-electron chi connectivity index (χ0n) is 9.91. The number of nitrogens with one attached hydrogen (secondary N) is 1. The quantitative estimate of drug-likeness (QED) is 0.733. The van der Waals surface area contributed by atoms with Crippen LogP contribution in [0.5, 0.6) is 0 Å². The number of ether oxygens (including phenoxy) is 2. The maximum absolute atomic E-state index is 11.8. The van der Waals surface area contributed by atoms with Gasteiger partial charge in [-0.3, -0.25) is 9.40 Å². The third-order valence-electron chi connectivity index (χ3n) is 2.57. The molecule has 0 aromatic carbocycles. The van der Waals surface area contributed by atoms with E-state index in [4.69, 9.17) is 4.74 Å². The van der Waals surface area contributed by atoms with E-state index in [1.165, 1.54) is 24.9 Å². The second-order valence-electron chi connectivity index (χ2n) is 3.84. The first kappa shape index (κ1) is 12.8. The number of aryl methyl sites for hydroxylation is 1. The van der Waals surface area contributed by atoms with E-state index in [0.29, 0.717) is 0 Å². The molecule has 1 aliphatic heterocycles. The second-order valence-corrected chi connectivity index (χ2v) is 5.80. The van der Waals surface area contributed by atoms with Gasteiger partial charge in [-0.25, -0.2) is 13.2 Å². The smallest absolute Gasteiger partial charge is 0.356 e. The number of anilines is 1. The van der Waals surface area contributed by atoms with Gasteiger partial charge in [0.1, 0.15) is 10.9 Å². The summed E-state index contributed by atoms with van der Waals surface area (Å²) in [5.74, 6) is -0.493. The van der Waals surface area contributed by atoms with E-state index in [-0.39, 0.29) is 24.7 Å². The van der Waals surface area contributed by atoms with Crippen LogP contribution in [0.25, 0.3) is 0 Å². The van der Waals surface area contributed by atoms with Crippen LogP contribution in [0, 0.1) is 0 Å². The number of hydrogen-bond donors (Lipinski definition) is 1. The number of sulfonamides is 1. The Hall–Kier alpha value is -1.61. The number of rotatable bonds is 4. The molecule has 0 unspecified atom stereocenters. The highest BCUT2D eigenvalue weighted by molar-refractivity contribution is 7.93. The molecule has 1 saturated heterocycles. The second kappa shape index (κ2) is 4.58. The van der Waals surface area contributed by atoms with Crippen LogP contribution in [0.3, 0.4) is 0 Å². The van der Waals surface area contributed by atoms with Gasteiger partial charge < -0.3 is 9.47 Å². The van der Waals surface area contributed by atoms with E-state index in [1.54, 1.807) is 0 Å². The fourth-order valence-electron chi connectivity index (χ4n) is 1.44. The minimum Gasteiger partial charge on any atom is -0.464 e. The van der Waals surface area contributed by atoms with Gasteiger partial charge in [-0.15, -0.1) is 0 Å². The average molecular weight is 275 g/mol. The molecule has 1 N–H and O–H groups in total. The number of aromatic nitrogens is 2. The fraction of sp³-hybridized carbons (Fsp3) is 0.556. The number of esters is 1. The van der Waals surface area contributed by atoms with Crippen molar-refractivity contribution in [2.24, 2.45) is 7.05 Å². The maximum Gasteiger partial charge on any atom is 0.356 e. The minimum absolute atomic E-state index is 0.0878. The molecule has 0 saturated carbocycles. The van der Waals surface area contributed by atoms with Crippen molar-refractivity contribution in [3.8, 4) is 0 Å². The van der Waals surface area contributed by atoms with Gasteiger partial charge >= 0.3 is 5.97 Å². The van der Waals surface area contributed by atoms with E-state index >= 15 is 0 Å². The molecule has 0 radical (unpaired) electrons. The van der Waals surface area contributed by atoms with Crippen molar-refractivity contribution in [1.29, 1.82) is 0 Å². The number of nitrogens with zero attached hydrogens (tertiary/aromatic N) is 2. The van der Waals surface area contributed by atoms with Gasteiger partial charge in [0.05, 0.1) is 20.3 Å². The van der Waals surface area contributed by atoms with Crippen LogP contribution in [-0.2, 0) is 26.5 Å². The summed E-state index contributed by atoms with van der Waals surface area (Å²) >= 11 is 0. The molecular formula is C9H13N3O5S. The molecule has 8 nitrogen and oxygen atoms in total. The Morgan fingerprint density at radius 2 is 2.28 bits per heavy atom. The molecule has 1 aliphatic rings. The Bertz CT molecular complexity index is 561. The van der Waals surface area contributed by atoms with Crippen molar-refractivity contribution in [2.75, 3.05) is 25.0 Å². The van der Waals surface area contributed by atoms with Crippen molar-refractivity contribution in [1.82, 2.24) is 9.78 Å². The molecule has 1 aromatic heterocycles. The van der Waals surface area contributed by atoms with Crippen LogP contribution in [0.15, 0.2) is 6.07 Å². The molecule has 18 heavy (non-hydrogen) atoms. The molecule has 0 spiro atoms. The fourth-order valence-corrected chi connectivity index (χ4v) is 2.54. The first-order valence-electron chi connectivity index (χ1n) is 5.16. The molecule has 9 heteroatoms. The van der Waals surface area contributed by atoms with Crippen molar-refractivity contribution in [2.45, 2.75) is 5.25 Å². The lowest BCUT2D eigenvalue weighted by Gasteiger charge is -2.25. The van der Waals surface area contributed by atoms with E-state index in [2.05, 4.69) is 14.6 Å². The lowest BCUT2D eigenvalue weighted by molar-refractivity contribution is 0.0418. The Morgan fingerprint density at radius 1 is 1.61 bits per heavy atom. The van der Waals surface area contributed by atoms with Crippen LogP contribution in [0.1, 0.15) is 10.5 Å². The summed E-state index contributed by atoms with van der Waals surface area (Å²) in [5, 5.41) is 3.32. The third-order valence-corrected chi connectivity index (χ3v) is 4.21. The highest BCUT2D eigenvalue weighted by Crippen LogP contribution is 2.17. The van der Waals surface area contributed by atoms with Gasteiger partial charge in [-0.05, 0) is 0 Å². The maximum atomic E-state index is 11.8. The molecular weight excluding hydrogens is 262 g/mol. The zero-order chi connectivity index (χ0) is 13.3. The summed E-state index contributed by atoms with van der Waals surface area (Å²) in [6, 6.07) is 1.32. The van der Waals surface area contributed by atoms with Crippen LogP contribution in [0.4, 0.5) is 5.82 Å². The van der Waals surface area contributed by atoms with Crippen LogP contribution >= 0.6 is 0 Å². The standard InChI is InChI=1S/C9H13N3O5S/c1-12-7(9(13)16-2)3-8(10-12)11-18(14,15)6-4-17-5-6/h3,6H,4-5H2,1-2H3,(H,10,11). The Kier molecular flexibility index (Phi) is 3.26.